The highest BCUT2D eigenvalue weighted by Crippen LogP contribution is 2.23. The first kappa shape index (κ1) is 15.8. The molecule has 3 rings (SSSR count). The second-order valence-corrected chi connectivity index (χ2v) is 6.79. The van der Waals surface area contributed by atoms with E-state index in [9.17, 15) is 5.26 Å². The van der Waals surface area contributed by atoms with Crippen LogP contribution in [0.3, 0.4) is 0 Å². The van der Waals surface area contributed by atoms with Gasteiger partial charge in [0.15, 0.2) is 0 Å². The Labute approximate surface area is 151 Å². The first-order chi connectivity index (χ1) is 11.2. The summed E-state index contributed by atoms with van der Waals surface area (Å²) in [6.45, 7) is 0. The molecule has 0 radical (unpaired) electrons. The Bertz CT molecular complexity index is 900. The molecule has 0 saturated carbocycles. The summed E-state index contributed by atoms with van der Waals surface area (Å²) in [6.07, 6.45) is 3.90. The highest BCUT2D eigenvalue weighted by molar-refractivity contribution is 9.10. The highest BCUT2D eigenvalue weighted by atomic mass is 79.9. The lowest BCUT2D eigenvalue weighted by atomic mass is 10.1. The van der Waals surface area contributed by atoms with E-state index in [1.165, 1.54) is 0 Å². The van der Waals surface area contributed by atoms with E-state index < -0.39 is 0 Å². The van der Waals surface area contributed by atoms with E-state index in [0.29, 0.717) is 5.57 Å². The van der Waals surface area contributed by atoms with Gasteiger partial charge < -0.3 is 4.57 Å². The number of hydrogen-bond acceptors (Lipinski definition) is 1. The van der Waals surface area contributed by atoms with E-state index >= 15 is 0 Å². The minimum Gasteiger partial charge on any atom is -0.317 e. The van der Waals surface area contributed by atoms with Crippen molar-refractivity contribution >= 4 is 43.5 Å². The van der Waals surface area contributed by atoms with Crippen LogP contribution in [0.15, 0.2) is 75.8 Å². The van der Waals surface area contributed by atoms with Crippen LogP contribution in [-0.2, 0) is 0 Å². The van der Waals surface area contributed by atoms with Crippen LogP contribution in [0, 0.1) is 11.3 Å². The zero-order valence-electron chi connectivity index (χ0n) is 12.1. The van der Waals surface area contributed by atoms with Gasteiger partial charge in [0, 0.05) is 26.5 Å². The van der Waals surface area contributed by atoms with Gasteiger partial charge in [-0.05, 0) is 54.1 Å². The molecule has 0 spiro atoms. The minimum atomic E-state index is 0.632. The number of hydrogen-bond donors (Lipinski definition) is 0. The molecule has 0 amide bonds. The van der Waals surface area contributed by atoms with Crippen LogP contribution in [0.4, 0.5) is 0 Å². The number of benzene rings is 2. The van der Waals surface area contributed by atoms with E-state index in [2.05, 4.69) is 42.5 Å². The zero-order chi connectivity index (χ0) is 16.2. The lowest BCUT2D eigenvalue weighted by Gasteiger charge is -2.08. The van der Waals surface area contributed by atoms with Gasteiger partial charge in [0.1, 0.15) is 0 Å². The summed E-state index contributed by atoms with van der Waals surface area (Å²) in [5.41, 5.74) is 3.54. The van der Waals surface area contributed by atoms with Crippen molar-refractivity contribution in [1.82, 2.24) is 4.57 Å². The summed E-state index contributed by atoms with van der Waals surface area (Å²) in [7, 11) is 0. The van der Waals surface area contributed by atoms with Crippen molar-refractivity contribution in [3.05, 3.63) is 87.1 Å². The fourth-order valence-corrected chi connectivity index (χ4v) is 2.98. The third-order valence-corrected chi connectivity index (χ3v) is 4.46. The first-order valence-corrected chi connectivity index (χ1v) is 8.57. The van der Waals surface area contributed by atoms with Gasteiger partial charge in [0.2, 0.25) is 0 Å². The molecule has 0 N–H and O–H groups in total. The summed E-state index contributed by atoms with van der Waals surface area (Å²) in [5.74, 6) is 0. The molecular weight excluding hydrogens is 416 g/mol. The number of nitrogens with zero attached hydrogens (tertiary/aromatic N) is 2. The standard InChI is InChI=1S/C19H12Br2N2/c20-16-8-6-14(7-9-16)15(13-22)11-18-5-2-10-23(18)19-4-1-3-17(21)12-19/h1-12H. The van der Waals surface area contributed by atoms with Crippen molar-refractivity contribution in [2.75, 3.05) is 0 Å². The van der Waals surface area contributed by atoms with Gasteiger partial charge in [-0.15, -0.1) is 0 Å². The first-order valence-electron chi connectivity index (χ1n) is 6.98. The van der Waals surface area contributed by atoms with Crippen molar-refractivity contribution < 1.29 is 0 Å². The number of aromatic nitrogens is 1. The lowest BCUT2D eigenvalue weighted by Crippen LogP contribution is -1.95. The molecule has 0 bridgehead atoms. The van der Waals surface area contributed by atoms with E-state index in [1.54, 1.807) is 0 Å². The van der Waals surface area contributed by atoms with Crippen molar-refractivity contribution in [1.29, 1.82) is 5.26 Å². The van der Waals surface area contributed by atoms with Crippen molar-refractivity contribution in [2.45, 2.75) is 0 Å². The Morgan fingerprint density at radius 2 is 1.74 bits per heavy atom. The molecule has 3 aromatic rings. The fraction of sp³-hybridized carbons (Fsp3) is 0. The van der Waals surface area contributed by atoms with Gasteiger partial charge in [-0.1, -0.05) is 50.1 Å². The summed E-state index contributed by atoms with van der Waals surface area (Å²) in [4.78, 5) is 0. The number of halogens is 2. The summed E-state index contributed by atoms with van der Waals surface area (Å²) in [5, 5.41) is 9.51. The topological polar surface area (TPSA) is 28.7 Å². The molecule has 112 valence electrons. The molecule has 0 aliphatic heterocycles. The molecule has 2 aromatic carbocycles. The maximum Gasteiger partial charge on any atom is 0.0998 e. The van der Waals surface area contributed by atoms with E-state index in [0.717, 1.165) is 25.9 Å². The summed E-state index contributed by atoms with van der Waals surface area (Å²) >= 11 is 6.91. The Hall–Kier alpha value is -2.09. The van der Waals surface area contributed by atoms with Crippen LogP contribution in [-0.4, -0.2) is 4.57 Å². The van der Waals surface area contributed by atoms with Crippen LogP contribution in [0.5, 0.6) is 0 Å². The molecule has 0 unspecified atom stereocenters. The average molecular weight is 428 g/mol. The number of rotatable bonds is 3. The van der Waals surface area contributed by atoms with Crippen LogP contribution >= 0.6 is 31.9 Å². The van der Waals surface area contributed by atoms with Gasteiger partial charge in [-0.2, -0.15) is 5.26 Å². The second-order valence-electron chi connectivity index (χ2n) is 4.96. The molecule has 0 fully saturated rings. The molecule has 1 aromatic heterocycles. The molecular formula is C19H12Br2N2. The minimum absolute atomic E-state index is 0.632. The summed E-state index contributed by atoms with van der Waals surface area (Å²) < 4.78 is 4.07. The highest BCUT2D eigenvalue weighted by Gasteiger charge is 2.05. The quantitative estimate of drug-likeness (QED) is 0.466. The van der Waals surface area contributed by atoms with Crippen LogP contribution in [0.2, 0.25) is 0 Å². The molecule has 0 aliphatic rings. The van der Waals surface area contributed by atoms with Crippen LogP contribution in [0.25, 0.3) is 17.3 Å². The van der Waals surface area contributed by atoms with Crippen LogP contribution in [0.1, 0.15) is 11.3 Å². The smallest absolute Gasteiger partial charge is 0.0998 e. The van der Waals surface area contributed by atoms with Gasteiger partial charge in [0.25, 0.3) is 0 Å². The zero-order valence-corrected chi connectivity index (χ0v) is 15.3. The molecule has 0 aliphatic carbocycles. The Kier molecular flexibility index (Phi) is 4.80. The Morgan fingerprint density at radius 1 is 0.957 bits per heavy atom. The molecule has 0 atom stereocenters. The maximum absolute atomic E-state index is 9.51. The van der Waals surface area contributed by atoms with Crippen molar-refractivity contribution in [3.8, 4) is 11.8 Å². The third kappa shape index (κ3) is 3.64. The second kappa shape index (κ2) is 6.99. The molecule has 1 heterocycles. The fourth-order valence-electron chi connectivity index (χ4n) is 2.33. The molecule has 4 heteroatoms. The third-order valence-electron chi connectivity index (χ3n) is 3.43. The monoisotopic (exact) mass is 426 g/mol. The normalized spacial score (nSPS) is 11.3. The lowest BCUT2D eigenvalue weighted by molar-refractivity contribution is 1.06. The summed E-state index contributed by atoms with van der Waals surface area (Å²) in [6, 6.07) is 22.1. The predicted molar refractivity (Wildman–Crippen MR) is 101 cm³/mol. The Morgan fingerprint density at radius 3 is 2.43 bits per heavy atom. The largest absolute Gasteiger partial charge is 0.317 e. The average Bonchev–Trinajstić information content (AvgIpc) is 3.02. The Balaban J connectivity index is 2.04. The van der Waals surface area contributed by atoms with Crippen molar-refractivity contribution in [2.24, 2.45) is 0 Å². The van der Waals surface area contributed by atoms with Gasteiger partial charge in [0.05, 0.1) is 11.6 Å². The number of nitriles is 1. The molecule has 23 heavy (non-hydrogen) atoms. The van der Waals surface area contributed by atoms with E-state index in [4.69, 9.17) is 0 Å². The maximum atomic E-state index is 9.51. The van der Waals surface area contributed by atoms with Crippen molar-refractivity contribution in [3.63, 3.8) is 0 Å². The molecule has 2 nitrogen and oxygen atoms in total. The SMILES string of the molecule is N#CC(=Cc1cccn1-c1cccc(Br)c1)c1ccc(Br)cc1. The van der Waals surface area contributed by atoms with Crippen LogP contribution < -0.4 is 0 Å². The van der Waals surface area contributed by atoms with Gasteiger partial charge in [-0.25, -0.2) is 0 Å². The number of allylic oxidation sites excluding steroid dienone is 1. The molecule has 0 saturated heterocycles. The van der Waals surface area contributed by atoms with E-state index in [1.807, 2.05) is 72.9 Å². The van der Waals surface area contributed by atoms with Gasteiger partial charge >= 0.3 is 0 Å². The van der Waals surface area contributed by atoms with E-state index in [-0.39, 0.29) is 0 Å². The van der Waals surface area contributed by atoms with Gasteiger partial charge in [-0.3, -0.25) is 0 Å². The predicted octanol–water partition coefficient (Wildman–Crippen LogP) is 6.07.